The van der Waals surface area contributed by atoms with E-state index in [2.05, 4.69) is 63.1 Å². The molecule has 2 aliphatic rings. The quantitative estimate of drug-likeness (QED) is 0.322. The Morgan fingerprint density at radius 1 is 1.09 bits per heavy atom. The lowest BCUT2D eigenvalue weighted by atomic mass is 10.1. The van der Waals surface area contributed by atoms with Gasteiger partial charge in [-0.3, -0.25) is 0 Å². The van der Waals surface area contributed by atoms with Crippen LogP contribution in [0.15, 0.2) is 71.7 Å². The van der Waals surface area contributed by atoms with Gasteiger partial charge in [0.1, 0.15) is 11.3 Å². The summed E-state index contributed by atoms with van der Waals surface area (Å²) in [7, 11) is 1.75. The molecule has 0 atom stereocenters. The lowest BCUT2D eigenvalue weighted by Crippen LogP contribution is -2.08. The monoisotopic (exact) mass is 441 g/mol. The zero-order valence-electron chi connectivity index (χ0n) is 18.3. The number of thioether (sulfide) groups is 1. The van der Waals surface area contributed by atoms with Gasteiger partial charge in [-0.25, -0.2) is 4.98 Å². The number of fused-ring (bicyclic) bond motifs is 2. The highest BCUT2D eigenvalue weighted by atomic mass is 32.2. The summed E-state index contributed by atoms with van der Waals surface area (Å²) in [5, 5.41) is 3.49. The molecule has 1 saturated carbocycles. The number of benzene rings is 2. The summed E-state index contributed by atoms with van der Waals surface area (Å²) in [5.74, 6) is 3.76. The van der Waals surface area contributed by atoms with Gasteiger partial charge in [0, 0.05) is 29.7 Å². The molecule has 0 amide bonds. The molecule has 0 unspecified atom stereocenters. The van der Waals surface area contributed by atoms with E-state index in [1.807, 2.05) is 23.9 Å². The van der Waals surface area contributed by atoms with Crippen LogP contribution in [0.2, 0.25) is 0 Å². The smallest absolute Gasteiger partial charge is 0.157 e. The molecular weight excluding hydrogens is 414 g/mol. The Hall–Kier alpha value is -2.92. The highest BCUT2D eigenvalue weighted by Gasteiger charge is 2.26. The zero-order valence-corrected chi connectivity index (χ0v) is 19.1. The molecule has 0 bridgehead atoms. The van der Waals surface area contributed by atoms with E-state index >= 15 is 0 Å². The second-order valence-electron chi connectivity index (χ2n) is 8.72. The summed E-state index contributed by atoms with van der Waals surface area (Å²) < 4.78 is 10.6. The summed E-state index contributed by atoms with van der Waals surface area (Å²) in [6.45, 7) is 1.94. The average Bonchev–Trinajstić information content (AvgIpc) is 3.48. The summed E-state index contributed by atoms with van der Waals surface area (Å²) in [6.07, 6.45) is 8.22. The minimum atomic E-state index is 0.784. The Bertz CT molecular complexity index is 1360. The molecule has 0 saturated heterocycles. The van der Waals surface area contributed by atoms with Crippen LogP contribution in [0.5, 0.6) is 5.75 Å². The number of ether oxygens (including phenoxy) is 1. The normalized spacial score (nSPS) is 16.1. The SMILES string of the molecule is COc1cccc2nc(-c3cc4ccccc4n3CC3CC3)n(CCC3=CCSC=C3)c12. The second kappa shape index (κ2) is 8.21. The predicted octanol–water partition coefficient (Wildman–Crippen LogP) is 6.65. The number of para-hydroxylation sites is 2. The van der Waals surface area contributed by atoms with Crippen molar-refractivity contribution in [2.24, 2.45) is 5.92 Å². The molecule has 0 spiro atoms. The zero-order chi connectivity index (χ0) is 21.5. The van der Waals surface area contributed by atoms with Gasteiger partial charge in [0.05, 0.1) is 18.3 Å². The third kappa shape index (κ3) is 3.55. The van der Waals surface area contributed by atoms with Gasteiger partial charge in [-0.2, -0.15) is 0 Å². The second-order valence-corrected chi connectivity index (χ2v) is 9.66. The number of allylic oxidation sites excluding steroid dienone is 2. The predicted molar refractivity (Wildman–Crippen MR) is 134 cm³/mol. The molecule has 3 heterocycles. The standard InChI is InChI=1S/C27H27N3OS/c1-31-25-8-4-6-22-26(25)29(14-11-19-12-15-32-16-13-19)27(28-22)24-17-21-5-2-3-7-23(21)30(24)18-20-9-10-20/h2-8,12-13,15,17,20H,9-11,14,16,18H2,1H3. The minimum Gasteiger partial charge on any atom is -0.494 e. The van der Waals surface area contributed by atoms with E-state index in [0.717, 1.165) is 53.8 Å². The summed E-state index contributed by atoms with van der Waals surface area (Å²) in [4.78, 5) is 5.16. The first-order valence-electron chi connectivity index (χ1n) is 11.4. The number of aryl methyl sites for hydroxylation is 1. The molecule has 162 valence electrons. The van der Waals surface area contributed by atoms with Gasteiger partial charge in [0.2, 0.25) is 0 Å². The molecule has 0 radical (unpaired) electrons. The van der Waals surface area contributed by atoms with E-state index in [9.17, 15) is 0 Å². The van der Waals surface area contributed by atoms with E-state index in [1.165, 1.54) is 35.0 Å². The Kier molecular flexibility index (Phi) is 5.07. The number of nitrogens with zero attached hydrogens (tertiary/aromatic N) is 3. The van der Waals surface area contributed by atoms with Crippen LogP contribution in [0.25, 0.3) is 33.5 Å². The van der Waals surface area contributed by atoms with E-state index in [4.69, 9.17) is 9.72 Å². The fourth-order valence-electron chi connectivity index (χ4n) is 4.72. The fourth-order valence-corrected chi connectivity index (χ4v) is 5.41. The van der Waals surface area contributed by atoms with Crippen molar-refractivity contribution in [1.82, 2.24) is 14.1 Å². The molecule has 5 heteroatoms. The van der Waals surface area contributed by atoms with E-state index in [-0.39, 0.29) is 0 Å². The van der Waals surface area contributed by atoms with Crippen molar-refractivity contribution >= 4 is 33.7 Å². The fraction of sp³-hybridized carbons (Fsp3) is 0.296. The van der Waals surface area contributed by atoms with Gasteiger partial charge in [-0.05, 0) is 60.4 Å². The maximum Gasteiger partial charge on any atom is 0.157 e. The third-order valence-corrected chi connectivity index (χ3v) is 7.26. The Morgan fingerprint density at radius 3 is 2.81 bits per heavy atom. The van der Waals surface area contributed by atoms with Crippen molar-refractivity contribution in [3.05, 3.63) is 71.7 Å². The molecule has 4 aromatic rings. The van der Waals surface area contributed by atoms with Crippen molar-refractivity contribution in [3.63, 3.8) is 0 Å². The molecular formula is C27H27N3OS. The molecule has 1 aliphatic carbocycles. The first-order valence-corrected chi connectivity index (χ1v) is 12.5. The van der Waals surface area contributed by atoms with Crippen LogP contribution >= 0.6 is 11.8 Å². The van der Waals surface area contributed by atoms with Gasteiger partial charge in [0.15, 0.2) is 5.82 Å². The molecule has 6 rings (SSSR count). The lowest BCUT2D eigenvalue weighted by Gasteiger charge is -2.15. The largest absolute Gasteiger partial charge is 0.494 e. The van der Waals surface area contributed by atoms with Crippen molar-refractivity contribution in [3.8, 4) is 17.3 Å². The first-order chi connectivity index (χ1) is 15.8. The van der Waals surface area contributed by atoms with Gasteiger partial charge in [-0.15, -0.1) is 11.8 Å². The van der Waals surface area contributed by atoms with Crippen molar-refractivity contribution in [2.45, 2.75) is 32.4 Å². The van der Waals surface area contributed by atoms with Crippen molar-refractivity contribution in [1.29, 1.82) is 0 Å². The van der Waals surface area contributed by atoms with Crippen LogP contribution in [-0.4, -0.2) is 27.0 Å². The van der Waals surface area contributed by atoms with Gasteiger partial charge in [-0.1, -0.05) is 36.4 Å². The molecule has 1 fully saturated rings. The number of methoxy groups -OCH3 is 1. The van der Waals surface area contributed by atoms with Crippen LogP contribution in [0, 0.1) is 5.92 Å². The molecule has 2 aromatic heterocycles. The lowest BCUT2D eigenvalue weighted by molar-refractivity contribution is 0.417. The molecule has 2 aromatic carbocycles. The number of hydrogen-bond acceptors (Lipinski definition) is 3. The Morgan fingerprint density at radius 2 is 2.00 bits per heavy atom. The Balaban J connectivity index is 1.53. The van der Waals surface area contributed by atoms with Crippen LogP contribution in [0.1, 0.15) is 19.3 Å². The number of imidazole rings is 1. The highest BCUT2D eigenvalue weighted by Crippen LogP contribution is 2.38. The van der Waals surface area contributed by atoms with Crippen LogP contribution in [0.4, 0.5) is 0 Å². The molecule has 4 nitrogen and oxygen atoms in total. The molecule has 32 heavy (non-hydrogen) atoms. The van der Waals surface area contributed by atoms with Crippen molar-refractivity contribution < 1.29 is 4.74 Å². The Labute approximate surface area is 192 Å². The maximum absolute atomic E-state index is 5.77. The summed E-state index contributed by atoms with van der Waals surface area (Å²) in [6, 6.07) is 17.2. The first kappa shape index (κ1) is 19.7. The van der Waals surface area contributed by atoms with E-state index in [1.54, 1.807) is 7.11 Å². The van der Waals surface area contributed by atoms with E-state index < -0.39 is 0 Å². The van der Waals surface area contributed by atoms with Gasteiger partial charge >= 0.3 is 0 Å². The number of rotatable bonds is 7. The van der Waals surface area contributed by atoms with Crippen LogP contribution in [-0.2, 0) is 13.1 Å². The number of aromatic nitrogens is 3. The summed E-state index contributed by atoms with van der Waals surface area (Å²) >= 11 is 1.85. The van der Waals surface area contributed by atoms with Gasteiger partial charge < -0.3 is 13.9 Å². The topological polar surface area (TPSA) is 32.0 Å². The van der Waals surface area contributed by atoms with E-state index in [0.29, 0.717) is 0 Å². The highest BCUT2D eigenvalue weighted by molar-refractivity contribution is 8.02. The minimum absolute atomic E-state index is 0.784. The maximum atomic E-state index is 5.77. The molecule has 0 N–H and O–H groups in total. The molecule has 1 aliphatic heterocycles. The number of hydrogen-bond donors (Lipinski definition) is 0. The van der Waals surface area contributed by atoms with Crippen molar-refractivity contribution in [2.75, 3.05) is 12.9 Å². The van der Waals surface area contributed by atoms with Gasteiger partial charge in [0.25, 0.3) is 0 Å². The average molecular weight is 442 g/mol. The summed E-state index contributed by atoms with van der Waals surface area (Å²) in [5.41, 5.74) is 5.98. The third-order valence-electron chi connectivity index (χ3n) is 6.57. The van der Waals surface area contributed by atoms with Crippen LogP contribution in [0.3, 0.4) is 0 Å². The van der Waals surface area contributed by atoms with Crippen LogP contribution < -0.4 is 4.74 Å².